The van der Waals surface area contributed by atoms with E-state index in [0.29, 0.717) is 0 Å². The first-order valence-electron chi connectivity index (χ1n) is 5.94. The molecule has 0 aromatic heterocycles. The molecule has 0 unspecified atom stereocenters. The molecule has 2 amide bonds. The molecule has 0 fully saturated rings. The third-order valence-corrected chi connectivity index (χ3v) is 2.25. The number of para-hydroxylation sites is 1. The third-order valence-electron chi connectivity index (χ3n) is 2.25. The van der Waals surface area contributed by atoms with Crippen molar-refractivity contribution in [1.82, 2.24) is 5.32 Å². The zero-order valence-corrected chi connectivity index (χ0v) is 11.3. The summed E-state index contributed by atoms with van der Waals surface area (Å²) in [5, 5.41) is 5.48. The molecule has 1 rings (SSSR count). The van der Waals surface area contributed by atoms with Gasteiger partial charge in [-0.3, -0.25) is 9.59 Å². The normalized spacial score (nSPS) is 10.9. The van der Waals surface area contributed by atoms with Gasteiger partial charge in [0.05, 0.1) is 0 Å². The van der Waals surface area contributed by atoms with Crippen molar-refractivity contribution in [3.63, 3.8) is 0 Å². The first-order valence-corrected chi connectivity index (χ1v) is 5.94. The second kappa shape index (κ2) is 5.67. The molecule has 1 aromatic carbocycles. The Balaban J connectivity index is 2.53. The lowest BCUT2D eigenvalue weighted by Crippen LogP contribution is -2.41. The SMILES string of the molecule is Cc1ccccc1NC(=O)CC(=O)NC(C)(C)C. The molecular weight excluding hydrogens is 228 g/mol. The van der Waals surface area contributed by atoms with E-state index in [1.807, 2.05) is 52.0 Å². The molecule has 0 spiro atoms. The first-order chi connectivity index (χ1) is 8.28. The fourth-order valence-electron chi connectivity index (χ4n) is 1.52. The summed E-state index contributed by atoms with van der Waals surface area (Å²) in [5.41, 5.74) is 1.40. The van der Waals surface area contributed by atoms with Crippen LogP contribution in [0.25, 0.3) is 0 Å². The van der Waals surface area contributed by atoms with Crippen LogP contribution in [-0.4, -0.2) is 17.4 Å². The molecule has 1 aromatic rings. The van der Waals surface area contributed by atoms with Gasteiger partial charge in [-0.2, -0.15) is 0 Å². The highest BCUT2D eigenvalue weighted by molar-refractivity contribution is 6.03. The van der Waals surface area contributed by atoms with Gasteiger partial charge in [0.2, 0.25) is 11.8 Å². The topological polar surface area (TPSA) is 58.2 Å². The van der Waals surface area contributed by atoms with Crippen molar-refractivity contribution in [2.45, 2.75) is 39.7 Å². The van der Waals surface area contributed by atoms with Crippen LogP contribution < -0.4 is 10.6 Å². The Morgan fingerprint density at radius 3 is 2.28 bits per heavy atom. The Morgan fingerprint density at radius 1 is 1.11 bits per heavy atom. The number of benzene rings is 1. The zero-order valence-electron chi connectivity index (χ0n) is 11.3. The van der Waals surface area contributed by atoms with Crippen LogP contribution in [-0.2, 0) is 9.59 Å². The molecule has 0 radical (unpaired) electrons. The predicted molar refractivity (Wildman–Crippen MR) is 72.3 cm³/mol. The molecule has 0 aliphatic carbocycles. The highest BCUT2D eigenvalue weighted by atomic mass is 16.2. The van der Waals surface area contributed by atoms with E-state index < -0.39 is 0 Å². The summed E-state index contributed by atoms with van der Waals surface area (Å²) in [4.78, 5) is 23.3. The lowest BCUT2D eigenvalue weighted by atomic mass is 10.1. The van der Waals surface area contributed by atoms with Crippen molar-refractivity contribution in [2.24, 2.45) is 0 Å². The van der Waals surface area contributed by atoms with Crippen LogP contribution in [0, 0.1) is 6.92 Å². The Bertz CT molecular complexity index is 447. The molecule has 0 heterocycles. The fourth-order valence-corrected chi connectivity index (χ4v) is 1.52. The molecule has 0 aliphatic rings. The minimum atomic E-state index is -0.319. The van der Waals surface area contributed by atoms with E-state index in [9.17, 15) is 9.59 Å². The van der Waals surface area contributed by atoms with Gasteiger partial charge in [0.25, 0.3) is 0 Å². The average molecular weight is 248 g/mol. The van der Waals surface area contributed by atoms with Crippen molar-refractivity contribution < 1.29 is 9.59 Å². The zero-order chi connectivity index (χ0) is 13.8. The molecule has 0 aliphatic heterocycles. The monoisotopic (exact) mass is 248 g/mol. The summed E-state index contributed by atoms with van der Waals surface area (Å²) in [6.45, 7) is 7.54. The van der Waals surface area contributed by atoms with E-state index in [4.69, 9.17) is 0 Å². The number of carbonyl (C=O) groups excluding carboxylic acids is 2. The van der Waals surface area contributed by atoms with E-state index in [2.05, 4.69) is 10.6 Å². The molecule has 4 heteroatoms. The third kappa shape index (κ3) is 4.99. The predicted octanol–water partition coefficient (Wildman–Crippen LogP) is 2.24. The highest BCUT2D eigenvalue weighted by Gasteiger charge is 2.16. The maximum Gasteiger partial charge on any atom is 0.233 e. The van der Waals surface area contributed by atoms with Crippen molar-refractivity contribution in [3.05, 3.63) is 29.8 Å². The summed E-state index contributed by atoms with van der Waals surface area (Å²) in [5.74, 6) is -0.570. The highest BCUT2D eigenvalue weighted by Crippen LogP contribution is 2.13. The number of anilines is 1. The molecule has 0 atom stereocenters. The smallest absolute Gasteiger partial charge is 0.233 e. The van der Waals surface area contributed by atoms with Crippen LogP contribution >= 0.6 is 0 Å². The molecule has 0 bridgehead atoms. The summed E-state index contributed by atoms with van der Waals surface area (Å²) in [6.07, 6.45) is -0.161. The van der Waals surface area contributed by atoms with Gasteiger partial charge in [0.1, 0.15) is 6.42 Å². The Morgan fingerprint density at radius 2 is 1.72 bits per heavy atom. The minimum Gasteiger partial charge on any atom is -0.351 e. The lowest BCUT2D eigenvalue weighted by Gasteiger charge is -2.20. The number of amides is 2. The van der Waals surface area contributed by atoms with Crippen LogP contribution in [0.1, 0.15) is 32.8 Å². The van der Waals surface area contributed by atoms with E-state index in [-0.39, 0.29) is 23.8 Å². The lowest BCUT2D eigenvalue weighted by molar-refractivity contribution is -0.127. The van der Waals surface area contributed by atoms with Crippen LogP contribution in [0.5, 0.6) is 0 Å². The van der Waals surface area contributed by atoms with Crippen molar-refractivity contribution in [1.29, 1.82) is 0 Å². The Kier molecular flexibility index (Phi) is 4.48. The molecular formula is C14H20N2O2. The van der Waals surface area contributed by atoms with Crippen LogP contribution in [0.3, 0.4) is 0 Å². The van der Waals surface area contributed by atoms with Crippen molar-refractivity contribution >= 4 is 17.5 Å². The number of hydrogen-bond donors (Lipinski definition) is 2. The van der Waals surface area contributed by atoms with Gasteiger partial charge in [-0.1, -0.05) is 18.2 Å². The number of aryl methyl sites for hydroxylation is 1. The molecule has 2 N–H and O–H groups in total. The van der Waals surface area contributed by atoms with Crippen molar-refractivity contribution in [2.75, 3.05) is 5.32 Å². The van der Waals surface area contributed by atoms with E-state index >= 15 is 0 Å². The largest absolute Gasteiger partial charge is 0.351 e. The molecule has 18 heavy (non-hydrogen) atoms. The summed E-state index contributed by atoms with van der Waals surface area (Å²) in [6, 6.07) is 7.47. The number of nitrogens with one attached hydrogen (secondary N) is 2. The van der Waals surface area contributed by atoms with Crippen LogP contribution in [0.2, 0.25) is 0 Å². The van der Waals surface area contributed by atoms with Crippen LogP contribution in [0.15, 0.2) is 24.3 Å². The van der Waals surface area contributed by atoms with E-state index in [0.717, 1.165) is 11.3 Å². The molecule has 98 valence electrons. The molecule has 0 saturated heterocycles. The number of hydrogen-bond acceptors (Lipinski definition) is 2. The second-order valence-electron chi connectivity index (χ2n) is 5.34. The standard InChI is InChI=1S/C14H20N2O2/c1-10-7-5-6-8-11(10)15-12(17)9-13(18)16-14(2,3)4/h5-8H,9H2,1-4H3,(H,15,17)(H,16,18). The summed E-state index contributed by atoms with van der Waals surface area (Å²) in [7, 11) is 0. The first kappa shape index (κ1) is 14.2. The van der Waals surface area contributed by atoms with Crippen molar-refractivity contribution in [3.8, 4) is 0 Å². The maximum atomic E-state index is 11.7. The van der Waals surface area contributed by atoms with Gasteiger partial charge in [-0.25, -0.2) is 0 Å². The van der Waals surface area contributed by atoms with Gasteiger partial charge in [-0.15, -0.1) is 0 Å². The Hall–Kier alpha value is -1.84. The quantitative estimate of drug-likeness (QED) is 0.806. The van der Waals surface area contributed by atoms with Crippen LogP contribution in [0.4, 0.5) is 5.69 Å². The van der Waals surface area contributed by atoms with Gasteiger partial charge < -0.3 is 10.6 Å². The fraction of sp³-hybridized carbons (Fsp3) is 0.429. The summed E-state index contributed by atoms with van der Waals surface area (Å²) < 4.78 is 0. The summed E-state index contributed by atoms with van der Waals surface area (Å²) >= 11 is 0. The van der Waals surface area contributed by atoms with Gasteiger partial charge in [0.15, 0.2) is 0 Å². The maximum absolute atomic E-state index is 11.7. The number of rotatable bonds is 3. The van der Waals surface area contributed by atoms with E-state index in [1.54, 1.807) is 0 Å². The number of carbonyl (C=O) groups is 2. The van der Waals surface area contributed by atoms with Gasteiger partial charge in [0, 0.05) is 11.2 Å². The van der Waals surface area contributed by atoms with Gasteiger partial charge >= 0.3 is 0 Å². The molecule has 4 nitrogen and oxygen atoms in total. The van der Waals surface area contributed by atoms with Gasteiger partial charge in [-0.05, 0) is 39.3 Å². The Labute approximate surface area is 108 Å². The van der Waals surface area contributed by atoms with E-state index in [1.165, 1.54) is 0 Å². The average Bonchev–Trinajstić information content (AvgIpc) is 2.18. The second-order valence-corrected chi connectivity index (χ2v) is 5.34. The minimum absolute atomic E-state index is 0.161. The molecule has 0 saturated carbocycles.